The quantitative estimate of drug-likeness (QED) is 0.500. The molecule has 0 spiro atoms. The monoisotopic (exact) mass is 369 g/mol. The third-order valence-electron chi connectivity index (χ3n) is 4.17. The Morgan fingerprint density at radius 3 is 2.44 bits per heavy atom. The first-order valence-corrected chi connectivity index (χ1v) is 8.34. The topological polar surface area (TPSA) is 56.3 Å². The van der Waals surface area contributed by atoms with Gasteiger partial charge >= 0.3 is 5.97 Å². The number of pyridine rings is 1. The van der Waals surface area contributed by atoms with Crippen molar-refractivity contribution in [3.8, 4) is 0 Å². The van der Waals surface area contributed by atoms with Crippen molar-refractivity contribution in [3.05, 3.63) is 76.5 Å². The molecule has 0 saturated heterocycles. The van der Waals surface area contributed by atoms with Crippen molar-refractivity contribution in [2.24, 2.45) is 0 Å². The van der Waals surface area contributed by atoms with E-state index in [0.29, 0.717) is 22.2 Å². The molecule has 3 rings (SSSR count). The van der Waals surface area contributed by atoms with Crippen LogP contribution in [0.15, 0.2) is 42.5 Å². The Labute approximate surface area is 154 Å². The predicted octanol–water partition coefficient (Wildman–Crippen LogP) is 4.56. The molecule has 6 heteroatoms. The Kier molecular flexibility index (Phi) is 4.99. The molecule has 0 saturated carbocycles. The molecule has 0 radical (unpaired) electrons. The zero-order valence-electron chi connectivity index (χ0n) is 15.0. The molecule has 1 atom stereocenters. The Morgan fingerprint density at radius 2 is 1.74 bits per heavy atom. The summed E-state index contributed by atoms with van der Waals surface area (Å²) in [6.45, 7) is 5.04. The van der Waals surface area contributed by atoms with E-state index in [1.807, 2.05) is 25.1 Å². The minimum atomic E-state index is -1.16. The summed E-state index contributed by atoms with van der Waals surface area (Å²) >= 11 is 0. The number of ether oxygens (including phenoxy) is 1. The van der Waals surface area contributed by atoms with Gasteiger partial charge in [-0.25, -0.2) is 13.6 Å². The number of carbonyl (C=O) groups excluding carboxylic acids is 2. The maximum Gasteiger partial charge on any atom is 0.339 e. The van der Waals surface area contributed by atoms with Crippen LogP contribution in [0.4, 0.5) is 8.78 Å². The first-order chi connectivity index (χ1) is 12.8. The summed E-state index contributed by atoms with van der Waals surface area (Å²) < 4.78 is 31.7. The number of fused-ring (bicyclic) bond motifs is 1. The third-order valence-corrected chi connectivity index (χ3v) is 4.17. The summed E-state index contributed by atoms with van der Waals surface area (Å²) in [7, 11) is 0. The molecule has 0 amide bonds. The van der Waals surface area contributed by atoms with Gasteiger partial charge in [-0.05, 0) is 57.2 Å². The van der Waals surface area contributed by atoms with Crippen LogP contribution in [0, 0.1) is 25.5 Å². The normalized spacial score (nSPS) is 12.0. The first kappa shape index (κ1) is 18.6. The molecule has 1 aromatic heterocycles. The average molecular weight is 369 g/mol. The van der Waals surface area contributed by atoms with Gasteiger partial charge in [-0.1, -0.05) is 11.6 Å². The molecular formula is C21H17F2NO3. The summed E-state index contributed by atoms with van der Waals surface area (Å²) in [4.78, 5) is 29.4. The minimum absolute atomic E-state index is 0.0687. The van der Waals surface area contributed by atoms with Crippen LogP contribution in [0.25, 0.3) is 10.9 Å². The molecule has 3 aromatic rings. The van der Waals surface area contributed by atoms with E-state index in [1.165, 1.54) is 6.92 Å². The van der Waals surface area contributed by atoms with Gasteiger partial charge in [-0.15, -0.1) is 0 Å². The molecule has 1 heterocycles. The first-order valence-electron chi connectivity index (χ1n) is 8.34. The van der Waals surface area contributed by atoms with Gasteiger partial charge in [-0.3, -0.25) is 9.78 Å². The summed E-state index contributed by atoms with van der Waals surface area (Å²) in [5, 5.41) is 0.623. The molecule has 0 aliphatic carbocycles. The number of ketones is 1. The second kappa shape index (κ2) is 7.23. The van der Waals surface area contributed by atoms with Gasteiger partial charge in [0.2, 0.25) is 5.78 Å². The summed E-state index contributed by atoms with van der Waals surface area (Å²) in [5.41, 5.74) is 2.46. The van der Waals surface area contributed by atoms with Crippen LogP contribution in [0.1, 0.15) is 38.9 Å². The van der Waals surface area contributed by atoms with Crippen molar-refractivity contribution < 1.29 is 23.1 Å². The van der Waals surface area contributed by atoms with Crippen molar-refractivity contribution in [1.82, 2.24) is 4.98 Å². The Hall–Kier alpha value is -3.15. The van der Waals surface area contributed by atoms with E-state index in [4.69, 9.17) is 4.74 Å². The molecule has 0 bridgehead atoms. The molecule has 0 aliphatic rings. The molecule has 27 heavy (non-hydrogen) atoms. The van der Waals surface area contributed by atoms with Crippen LogP contribution < -0.4 is 0 Å². The number of esters is 1. The number of hydrogen-bond donors (Lipinski definition) is 0. The lowest BCUT2D eigenvalue weighted by Crippen LogP contribution is -2.25. The van der Waals surface area contributed by atoms with Gasteiger partial charge in [0.1, 0.15) is 0 Å². The molecule has 0 aliphatic heterocycles. The van der Waals surface area contributed by atoms with E-state index in [-0.39, 0.29) is 5.56 Å². The molecule has 2 aromatic carbocycles. The number of benzene rings is 2. The molecule has 138 valence electrons. The van der Waals surface area contributed by atoms with Crippen LogP contribution in [-0.2, 0) is 4.74 Å². The molecular weight excluding hydrogens is 352 g/mol. The highest BCUT2D eigenvalue weighted by molar-refractivity contribution is 6.06. The minimum Gasteiger partial charge on any atom is -0.451 e. The second-order valence-corrected chi connectivity index (χ2v) is 6.37. The maximum absolute atomic E-state index is 13.3. The predicted molar refractivity (Wildman–Crippen MR) is 96.8 cm³/mol. The smallest absolute Gasteiger partial charge is 0.339 e. The average Bonchev–Trinajstić information content (AvgIpc) is 2.63. The molecule has 0 N–H and O–H groups in total. The zero-order chi connectivity index (χ0) is 19.7. The van der Waals surface area contributed by atoms with Gasteiger partial charge in [0, 0.05) is 16.6 Å². The molecule has 4 nitrogen and oxygen atoms in total. The lowest BCUT2D eigenvalue weighted by Gasteiger charge is -2.14. The number of Topliss-reactive ketones (excluding diaryl/α,β-unsaturated/α-hetero) is 1. The maximum atomic E-state index is 13.3. The van der Waals surface area contributed by atoms with E-state index in [0.717, 1.165) is 23.8 Å². The number of aryl methyl sites for hydroxylation is 2. The van der Waals surface area contributed by atoms with E-state index in [9.17, 15) is 18.4 Å². The number of aromatic nitrogens is 1. The van der Waals surface area contributed by atoms with E-state index < -0.39 is 29.5 Å². The van der Waals surface area contributed by atoms with E-state index >= 15 is 0 Å². The van der Waals surface area contributed by atoms with Crippen LogP contribution in [0.2, 0.25) is 0 Å². The summed E-state index contributed by atoms with van der Waals surface area (Å²) in [6, 6.07) is 9.92. The highest BCUT2D eigenvalue weighted by Gasteiger charge is 2.23. The Bertz CT molecular complexity index is 1060. The van der Waals surface area contributed by atoms with E-state index in [1.54, 1.807) is 13.0 Å². The number of halogens is 2. The third kappa shape index (κ3) is 3.84. The van der Waals surface area contributed by atoms with Gasteiger partial charge in [0.15, 0.2) is 17.7 Å². The largest absolute Gasteiger partial charge is 0.451 e. The van der Waals surface area contributed by atoms with Gasteiger partial charge < -0.3 is 4.74 Å². The number of hydrogen-bond acceptors (Lipinski definition) is 4. The summed E-state index contributed by atoms with van der Waals surface area (Å²) in [5.74, 6) is -3.48. The number of carbonyl (C=O) groups is 2. The van der Waals surface area contributed by atoms with Crippen molar-refractivity contribution in [1.29, 1.82) is 0 Å². The van der Waals surface area contributed by atoms with Crippen LogP contribution in [0.3, 0.4) is 0 Å². The zero-order valence-corrected chi connectivity index (χ0v) is 15.0. The van der Waals surface area contributed by atoms with Crippen LogP contribution in [-0.4, -0.2) is 22.8 Å². The van der Waals surface area contributed by atoms with Crippen LogP contribution >= 0.6 is 0 Å². The van der Waals surface area contributed by atoms with Crippen molar-refractivity contribution in [3.63, 3.8) is 0 Å². The van der Waals surface area contributed by atoms with E-state index in [2.05, 4.69) is 4.98 Å². The van der Waals surface area contributed by atoms with Crippen LogP contribution in [0.5, 0.6) is 0 Å². The van der Waals surface area contributed by atoms with Gasteiger partial charge in [0.25, 0.3) is 0 Å². The summed E-state index contributed by atoms with van der Waals surface area (Å²) in [6.07, 6.45) is -1.16. The van der Waals surface area contributed by atoms with Crippen molar-refractivity contribution >= 4 is 22.7 Å². The van der Waals surface area contributed by atoms with Crippen molar-refractivity contribution in [2.75, 3.05) is 0 Å². The fourth-order valence-electron chi connectivity index (χ4n) is 2.80. The Balaban J connectivity index is 1.88. The Morgan fingerprint density at radius 1 is 1.00 bits per heavy atom. The lowest BCUT2D eigenvalue weighted by atomic mass is 10.0. The van der Waals surface area contributed by atoms with Crippen molar-refractivity contribution in [2.45, 2.75) is 26.9 Å². The van der Waals surface area contributed by atoms with Gasteiger partial charge in [-0.2, -0.15) is 0 Å². The molecule has 1 unspecified atom stereocenters. The fourth-order valence-corrected chi connectivity index (χ4v) is 2.80. The molecule has 0 fully saturated rings. The number of rotatable bonds is 4. The second-order valence-electron chi connectivity index (χ2n) is 6.37. The standard InChI is InChI=1S/C21H17F2NO3/c1-11-4-7-19-15(8-11)16(9-12(2)24-19)21(26)27-13(3)20(25)14-5-6-17(22)18(23)10-14/h4-10,13H,1-3H3. The SMILES string of the molecule is Cc1ccc2nc(C)cc(C(=O)OC(C)C(=O)c3ccc(F)c(F)c3)c2c1. The highest BCUT2D eigenvalue weighted by Crippen LogP contribution is 2.22. The lowest BCUT2D eigenvalue weighted by molar-refractivity contribution is 0.0320. The highest BCUT2D eigenvalue weighted by atomic mass is 19.2. The number of nitrogens with zero attached hydrogens (tertiary/aromatic N) is 1. The fraction of sp³-hybridized carbons (Fsp3) is 0.190. The van der Waals surface area contributed by atoms with Gasteiger partial charge in [0.05, 0.1) is 11.1 Å².